The quantitative estimate of drug-likeness (QED) is 0.438. The van der Waals surface area contributed by atoms with Crippen LogP contribution in [0, 0.1) is 0 Å². The number of hydrogen-bond donors (Lipinski definition) is 1. The molecule has 0 aliphatic heterocycles. The lowest BCUT2D eigenvalue weighted by molar-refractivity contribution is 0.102. The fourth-order valence-corrected chi connectivity index (χ4v) is 3.52. The first-order valence-corrected chi connectivity index (χ1v) is 9.29. The van der Waals surface area contributed by atoms with E-state index < -0.39 is 0 Å². The number of thioether (sulfide) groups is 1. The predicted molar refractivity (Wildman–Crippen MR) is 98.7 cm³/mol. The van der Waals surface area contributed by atoms with Crippen molar-refractivity contribution in [1.29, 1.82) is 0 Å². The second-order valence-corrected chi connectivity index (χ2v) is 7.38. The van der Waals surface area contributed by atoms with Gasteiger partial charge >= 0.3 is 0 Å². The fraction of sp³-hybridized carbons (Fsp3) is 0.0625. The molecule has 3 aromatic rings. The molecule has 0 radical (unpaired) electrons. The minimum absolute atomic E-state index is 0.0449. The van der Waals surface area contributed by atoms with Crippen molar-refractivity contribution in [2.75, 3.05) is 5.75 Å². The Balaban J connectivity index is 1.68. The number of H-pyrrole nitrogens is 1. The van der Waals surface area contributed by atoms with Crippen LogP contribution in [0.2, 0.25) is 0 Å². The first-order chi connectivity index (χ1) is 11.1. The fourth-order valence-electron chi connectivity index (χ4n) is 1.96. The maximum Gasteiger partial charge on any atom is 0.209 e. The normalized spacial score (nSPS) is 10.7. The Hall–Kier alpha value is -1.44. The first-order valence-electron chi connectivity index (χ1n) is 6.72. The Morgan fingerprint density at radius 3 is 2.74 bits per heavy atom. The monoisotopic (exact) mass is 451 g/mol. The standard InChI is InChI=1S/C16H11Br2N3OS/c17-11-5-3-4-10(8-11)14(22)9-23-16-19-15(20-21-16)12-6-1-2-7-13(12)18/h1-8H,9H2,(H,19,20,21). The molecule has 1 heterocycles. The number of carbonyl (C=O) groups is 1. The molecule has 1 N–H and O–H groups in total. The third kappa shape index (κ3) is 4.10. The molecule has 4 nitrogen and oxygen atoms in total. The summed E-state index contributed by atoms with van der Waals surface area (Å²) in [5, 5.41) is 7.62. The van der Waals surface area contributed by atoms with Crippen molar-refractivity contribution in [1.82, 2.24) is 15.2 Å². The lowest BCUT2D eigenvalue weighted by atomic mass is 10.2. The van der Waals surface area contributed by atoms with Crippen LogP contribution in [0.15, 0.2) is 62.6 Å². The molecule has 0 saturated carbocycles. The molecule has 7 heteroatoms. The Morgan fingerprint density at radius 2 is 1.96 bits per heavy atom. The zero-order chi connectivity index (χ0) is 16.2. The number of aromatic amines is 1. The van der Waals surface area contributed by atoms with Crippen LogP contribution in [-0.2, 0) is 0 Å². The summed E-state index contributed by atoms with van der Waals surface area (Å²) in [5.74, 6) is 1.02. The lowest BCUT2D eigenvalue weighted by Crippen LogP contribution is -2.02. The van der Waals surface area contributed by atoms with Gasteiger partial charge in [-0.2, -0.15) is 0 Å². The van der Waals surface area contributed by atoms with Crippen LogP contribution in [-0.4, -0.2) is 26.7 Å². The molecule has 0 atom stereocenters. The van der Waals surface area contributed by atoms with Crippen LogP contribution in [0.5, 0.6) is 0 Å². The summed E-state index contributed by atoms with van der Waals surface area (Å²) in [6, 6.07) is 15.1. The lowest BCUT2D eigenvalue weighted by Gasteiger charge is -2.00. The molecular formula is C16H11Br2N3OS. The van der Waals surface area contributed by atoms with Crippen molar-refractivity contribution in [3.63, 3.8) is 0 Å². The van der Waals surface area contributed by atoms with Crippen molar-refractivity contribution in [2.45, 2.75) is 5.16 Å². The van der Waals surface area contributed by atoms with E-state index in [1.54, 1.807) is 6.07 Å². The van der Waals surface area contributed by atoms with Gasteiger partial charge < -0.3 is 0 Å². The Morgan fingerprint density at radius 1 is 1.13 bits per heavy atom. The summed E-state index contributed by atoms with van der Waals surface area (Å²) in [4.78, 5) is 16.6. The third-order valence-corrected chi connectivity index (χ3v) is 5.10. The van der Waals surface area contributed by atoms with Crippen LogP contribution in [0.4, 0.5) is 0 Å². The second kappa shape index (κ2) is 7.42. The van der Waals surface area contributed by atoms with Gasteiger partial charge in [0.05, 0.1) is 5.75 Å². The van der Waals surface area contributed by atoms with E-state index in [0.717, 1.165) is 14.5 Å². The van der Waals surface area contributed by atoms with Crippen molar-refractivity contribution in [3.8, 4) is 11.4 Å². The average Bonchev–Trinajstić information content (AvgIpc) is 3.02. The molecule has 0 bridgehead atoms. The molecular weight excluding hydrogens is 442 g/mol. The van der Waals surface area contributed by atoms with Gasteiger partial charge in [-0.1, -0.05) is 74.0 Å². The van der Waals surface area contributed by atoms with E-state index in [9.17, 15) is 4.79 Å². The maximum atomic E-state index is 12.2. The molecule has 116 valence electrons. The molecule has 2 aromatic carbocycles. The largest absolute Gasteiger partial charge is 0.293 e. The Kier molecular flexibility index (Phi) is 5.30. The zero-order valence-corrected chi connectivity index (χ0v) is 15.8. The molecule has 0 aliphatic carbocycles. The van der Waals surface area contributed by atoms with E-state index in [0.29, 0.717) is 22.3 Å². The number of rotatable bonds is 5. The summed E-state index contributed by atoms with van der Waals surface area (Å²) in [7, 11) is 0. The summed E-state index contributed by atoms with van der Waals surface area (Å²) in [6.45, 7) is 0. The molecule has 0 spiro atoms. The minimum atomic E-state index is 0.0449. The molecule has 0 unspecified atom stereocenters. The Bertz CT molecular complexity index is 851. The highest BCUT2D eigenvalue weighted by atomic mass is 79.9. The van der Waals surface area contributed by atoms with Crippen LogP contribution in [0.3, 0.4) is 0 Å². The van der Waals surface area contributed by atoms with Crippen LogP contribution in [0.25, 0.3) is 11.4 Å². The van der Waals surface area contributed by atoms with Gasteiger partial charge in [-0.3, -0.25) is 9.89 Å². The zero-order valence-electron chi connectivity index (χ0n) is 11.8. The van der Waals surface area contributed by atoms with E-state index in [4.69, 9.17) is 0 Å². The minimum Gasteiger partial charge on any atom is -0.293 e. The smallest absolute Gasteiger partial charge is 0.209 e. The van der Waals surface area contributed by atoms with Crippen molar-refractivity contribution < 1.29 is 4.79 Å². The average molecular weight is 453 g/mol. The topological polar surface area (TPSA) is 58.6 Å². The molecule has 0 saturated heterocycles. The number of nitrogens with one attached hydrogen (secondary N) is 1. The first kappa shape index (κ1) is 16.4. The van der Waals surface area contributed by atoms with Gasteiger partial charge in [-0.05, 0) is 18.2 Å². The van der Waals surface area contributed by atoms with Gasteiger partial charge in [0.15, 0.2) is 11.6 Å². The van der Waals surface area contributed by atoms with Crippen LogP contribution < -0.4 is 0 Å². The van der Waals surface area contributed by atoms with E-state index in [1.807, 2.05) is 42.5 Å². The number of ketones is 1. The van der Waals surface area contributed by atoms with Crippen molar-refractivity contribution >= 4 is 49.4 Å². The second-order valence-electron chi connectivity index (χ2n) is 4.67. The maximum absolute atomic E-state index is 12.2. The molecule has 1 aromatic heterocycles. The number of nitrogens with zero attached hydrogens (tertiary/aromatic N) is 2. The molecule has 23 heavy (non-hydrogen) atoms. The van der Waals surface area contributed by atoms with Crippen molar-refractivity contribution in [2.24, 2.45) is 0 Å². The number of halogens is 2. The summed E-state index contributed by atoms with van der Waals surface area (Å²) in [5.41, 5.74) is 1.61. The highest BCUT2D eigenvalue weighted by Gasteiger charge is 2.12. The van der Waals surface area contributed by atoms with Crippen LogP contribution >= 0.6 is 43.6 Å². The molecule has 0 aliphatic rings. The van der Waals surface area contributed by atoms with Crippen molar-refractivity contribution in [3.05, 3.63) is 63.0 Å². The van der Waals surface area contributed by atoms with Gasteiger partial charge in [0.25, 0.3) is 0 Å². The molecule has 0 fully saturated rings. The van der Waals surface area contributed by atoms with Gasteiger partial charge in [0.1, 0.15) is 0 Å². The Labute approximate surface area is 154 Å². The van der Waals surface area contributed by atoms with Gasteiger partial charge in [-0.25, -0.2) is 4.98 Å². The van der Waals surface area contributed by atoms with E-state index in [2.05, 4.69) is 47.0 Å². The highest BCUT2D eigenvalue weighted by Crippen LogP contribution is 2.26. The number of aromatic nitrogens is 3. The van der Waals surface area contributed by atoms with E-state index in [1.165, 1.54) is 11.8 Å². The number of carbonyl (C=O) groups excluding carboxylic acids is 1. The summed E-state index contributed by atoms with van der Waals surface area (Å²) < 4.78 is 1.83. The highest BCUT2D eigenvalue weighted by molar-refractivity contribution is 9.10. The van der Waals surface area contributed by atoms with Gasteiger partial charge in [0, 0.05) is 20.1 Å². The predicted octanol–water partition coefficient (Wildman–Crippen LogP) is 4.97. The van der Waals surface area contributed by atoms with Gasteiger partial charge in [-0.15, -0.1) is 5.10 Å². The van der Waals surface area contributed by atoms with Gasteiger partial charge in [0.2, 0.25) is 5.16 Å². The number of Topliss-reactive ketones (excluding diaryl/α,β-unsaturated/α-hetero) is 1. The third-order valence-electron chi connectivity index (χ3n) is 3.07. The summed E-state index contributed by atoms with van der Waals surface area (Å²) >= 11 is 8.17. The number of benzene rings is 2. The molecule has 0 amide bonds. The number of hydrogen-bond acceptors (Lipinski definition) is 4. The van der Waals surface area contributed by atoms with E-state index in [-0.39, 0.29) is 5.78 Å². The van der Waals surface area contributed by atoms with Crippen LogP contribution in [0.1, 0.15) is 10.4 Å². The van der Waals surface area contributed by atoms with E-state index >= 15 is 0 Å². The SMILES string of the molecule is O=C(CSc1n[nH]c(-c2ccccc2Br)n1)c1cccc(Br)c1. The summed E-state index contributed by atoms with van der Waals surface area (Å²) in [6.07, 6.45) is 0. The molecule has 3 rings (SSSR count).